The lowest BCUT2D eigenvalue weighted by Gasteiger charge is -2.22. The summed E-state index contributed by atoms with van der Waals surface area (Å²) in [6.45, 7) is 2.23. The van der Waals surface area contributed by atoms with E-state index in [0.717, 1.165) is 5.92 Å². The second-order valence-electron chi connectivity index (χ2n) is 8.85. The van der Waals surface area contributed by atoms with Crippen LogP contribution in [0.5, 0.6) is 0 Å². The molecule has 4 aromatic rings. The molecule has 0 unspecified atom stereocenters. The molecule has 1 aliphatic rings. The Hall–Kier alpha value is -2.93. The van der Waals surface area contributed by atoms with Gasteiger partial charge in [-0.3, -0.25) is 0 Å². The van der Waals surface area contributed by atoms with Gasteiger partial charge >= 0.3 is 0 Å². The molecular formula is C29H30N+. The monoisotopic (exact) mass is 392 g/mol. The highest BCUT2D eigenvalue weighted by molar-refractivity contribution is 5.94. The maximum absolute atomic E-state index is 2.45. The van der Waals surface area contributed by atoms with E-state index in [1.807, 2.05) is 0 Å². The van der Waals surface area contributed by atoms with Crippen molar-refractivity contribution < 1.29 is 4.57 Å². The zero-order valence-electron chi connectivity index (χ0n) is 18.1. The fourth-order valence-corrected chi connectivity index (χ4v) is 5.16. The van der Waals surface area contributed by atoms with Crippen molar-refractivity contribution in [3.63, 3.8) is 0 Å². The Morgan fingerprint density at radius 1 is 0.767 bits per heavy atom. The minimum absolute atomic E-state index is 0.743. The minimum Gasteiger partial charge on any atom is -0.200 e. The van der Waals surface area contributed by atoms with Crippen molar-refractivity contribution in [1.82, 2.24) is 0 Å². The molecular weight excluding hydrogens is 362 g/mol. The van der Waals surface area contributed by atoms with Crippen molar-refractivity contribution in [2.24, 2.45) is 7.05 Å². The van der Waals surface area contributed by atoms with Crippen molar-refractivity contribution in [3.05, 3.63) is 90.1 Å². The summed E-state index contributed by atoms with van der Waals surface area (Å²) in [6.07, 6.45) is 9.07. The van der Waals surface area contributed by atoms with Crippen LogP contribution in [0.4, 0.5) is 0 Å². The van der Waals surface area contributed by atoms with Gasteiger partial charge in [-0.15, -0.1) is 0 Å². The third-order valence-electron chi connectivity index (χ3n) is 6.83. The zero-order chi connectivity index (χ0) is 20.5. The Morgan fingerprint density at radius 2 is 1.57 bits per heavy atom. The van der Waals surface area contributed by atoms with Gasteiger partial charge in [0, 0.05) is 11.6 Å². The maximum Gasteiger partial charge on any atom is 0.220 e. The van der Waals surface area contributed by atoms with Gasteiger partial charge in [0.05, 0.1) is 5.39 Å². The van der Waals surface area contributed by atoms with Crippen LogP contribution in [0.15, 0.2) is 79.0 Å². The van der Waals surface area contributed by atoms with Gasteiger partial charge in [-0.1, -0.05) is 73.9 Å². The van der Waals surface area contributed by atoms with Gasteiger partial charge in [-0.25, -0.2) is 4.57 Å². The SMILES string of the molecule is Cc1cc(-c2ccccc2)ccc1-c1c2ccc(C3CCCCC3)cc2cc[n+]1C. The summed E-state index contributed by atoms with van der Waals surface area (Å²) in [5.74, 6) is 0.743. The van der Waals surface area contributed by atoms with Gasteiger partial charge in [-0.05, 0) is 65.5 Å². The van der Waals surface area contributed by atoms with Crippen molar-refractivity contribution >= 4 is 10.8 Å². The largest absolute Gasteiger partial charge is 0.220 e. The standard InChI is InChI=1S/C29H30N/c1-21-19-24(22-9-5-3-6-10-22)13-15-27(21)29-28-16-14-25(23-11-7-4-8-12-23)20-26(28)17-18-30(29)2/h3,5-6,9-10,13-20,23H,4,7-8,11-12H2,1-2H3/q+1. The second-order valence-corrected chi connectivity index (χ2v) is 8.85. The number of fused-ring (bicyclic) bond motifs is 1. The van der Waals surface area contributed by atoms with Crippen molar-refractivity contribution in [2.75, 3.05) is 0 Å². The highest BCUT2D eigenvalue weighted by Crippen LogP contribution is 2.36. The molecule has 1 heteroatoms. The van der Waals surface area contributed by atoms with Crippen LogP contribution in [-0.4, -0.2) is 0 Å². The molecule has 5 rings (SSSR count). The van der Waals surface area contributed by atoms with Crippen LogP contribution < -0.4 is 4.57 Å². The van der Waals surface area contributed by atoms with Crippen molar-refractivity contribution in [2.45, 2.75) is 44.9 Å². The van der Waals surface area contributed by atoms with Crippen LogP contribution in [0.3, 0.4) is 0 Å². The third kappa shape index (κ3) is 3.54. The van der Waals surface area contributed by atoms with E-state index in [2.05, 4.69) is 97.5 Å². The smallest absolute Gasteiger partial charge is 0.200 e. The Morgan fingerprint density at radius 3 is 2.33 bits per heavy atom. The van der Waals surface area contributed by atoms with Crippen LogP contribution >= 0.6 is 0 Å². The highest BCUT2D eigenvalue weighted by atomic mass is 14.9. The molecule has 1 aliphatic carbocycles. The first-order chi connectivity index (χ1) is 14.7. The molecule has 150 valence electrons. The zero-order valence-corrected chi connectivity index (χ0v) is 18.1. The molecule has 1 saturated carbocycles. The van der Waals surface area contributed by atoms with E-state index in [1.165, 1.54) is 76.4 Å². The molecule has 1 nitrogen and oxygen atoms in total. The van der Waals surface area contributed by atoms with E-state index in [9.17, 15) is 0 Å². The molecule has 0 atom stereocenters. The van der Waals surface area contributed by atoms with Crippen molar-refractivity contribution in [3.8, 4) is 22.4 Å². The maximum atomic E-state index is 2.45. The molecule has 0 aliphatic heterocycles. The average molecular weight is 393 g/mol. The Labute approximate surface area is 180 Å². The normalized spacial score (nSPS) is 14.9. The summed E-state index contributed by atoms with van der Waals surface area (Å²) in [5.41, 5.74) is 8.01. The predicted molar refractivity (Wildman–Crippen MR) is 127 cm³/mol. The Balaban J connectivity index is 1.59. The first-order valence-electron chi connectivity index (χ1n) is 11.3. The molecule has 1 fully saturated rings. The molecule has 0 saturated heterocycles. The van der Waals surface area contributed by atoms with Gasteiger partial charge < -0.3 is 0 Å². The second kappa shape index (κ2) is 8.07. The molecule has 0 spiro atoms. The molecule has 1 aromatic heterocycles. The van der Waals surface area contributed by atoms with Gasteiger partial charge in [0.2, 0.25) is 5.69 Å². The van der Waals surface area contributed by atoms with E-state index < -0.39 is 0 Å². The van der Waals surface area contributed by atoms with Crippen LogP contribution in [0.1, 0.15) is 49.1 Å². The highest BCUT2D eigenvalue weighted by Gasteiger charge is 2.20. The lowest BCUT2D eigenvalue weighted by molar-refractivity contribution is -0.659. The van der Waals surface area contributed by atoms with Gasteiger partial charge in [-0.2, -0.15) is 0 Å². The number of benzene rings is 3. The fourth-order valence-electron chi connectivity index (χ4n) is 5.16. The molecule has 0 N–H and O–H groups in total. The first-order valence-corrected chi connectivity index (χ1v) is 11.3. The van der Waals surface area contributed by atoms with Crippen LogP contribution in [0, 0.1) is 6.92 Å². The van der Waals surface area contributed by atoms with E-state index in [0.29, 0.717) is 0 Å². The van der Waals surface area contributed by atoms with Gasteiger partial charge in [0.1, 0.15) is 7.05 Å². The predicted octanol–water partition coefficient (Wildman–Crippen LogP) is 7.35. The summed E-state index contributed by atoms with van der Waals surface area (Å²) in [5, 5.41) is 2.70. The Bertz CT molecular complexity index is 1180. The number of nitrogens with zero attached hydrogens (tertiary/aromatic N) is 1. The molecule has 1 heterocycles. The third-order valence-corrected chi connectivity index (χ3v) is 6.83. The van der Waals surface area contributed by atoms with E-state index in [-0.39, 0.29) is 0 Å². The van der Waals surface area contributed by atoms with E-state index >= 15 is 0 Å². The van der Waals surface area contributed by atoms with Gasteiger partial charge in [0.25, 0.3) is 0 Å². The Kier molecular flexibility index (Phi) is 5.12. The lowest BCUT2D eigenvalue weighted by Crippen LogP contribution is -2.30. The van der Waals surface area contributed by atoms with E-state index in [4.69, 9.17) is 0 Å². The molecule has 30 heavy (non-hydrogen) atoms. The van der Waals surface area contributed by atoms with Crippen LogP contribution in [0.25, 0.3) is 33.2 Å². The fraction of sp³-hybridized carbons (Fsp3) is 0.276. The van der Waals surface area contributed by atoms with Gasteiger partial charge in [0.15, 0.2) is 6.20 Å². The van der Waals surface area contributed by atoms with E-state index in [1.54, 1.807) is 0 Å². The number of aryl methyl sites for hydroxylation is 2. The number of hydrogen-bond acceptors (Lipinski definition) is 0. The summed E-state index contributed by atoms with van der Waals surface area (Å²) in [6, 6.07) is 27.0. The quantitative estimate of drug-likeness (QED) is 0.321. The van der Waals surface area contributed by atoms with Crippen LogP contribution in [-0.2, 0) is 7.05 Å². The number of rotatable bonds is 3. The minimum atomic E-state index is 0.743. The number of hydrogen-bond donors (Lipinski definition) is 0. The molecule has 0 radical (unpaired) electrons. The summed E-state index contributed by atoms with van der Waals surface area (Å²) < 4.78 is 2.27. The first kappa shape index (κ1) is 19.1. The summed E-state index contributed by atoms with van der Waals surface area (Å²) in [7, 11) is 2.16. The number of pyridine rings is 1. The number of aromatic nitrogens is 1. The van der Waals surface area contributed by atoms with Crippen molar-refractivity contribution in [1.29, 1.82) is 0 Å². The summed E-state index contributed by atoms with van der Waals surface area (Å²) >= 11 is 0. The average Bonchev–Trinajstić information content (AvgIpc) is 2.80. The molecule has 3 aromatic carbocycles. The van der Waals surface area contributed by atoms with Crippen LogP contribution in [0.2, 0.25) is 0 Å². The topological polar surface area (TPSA) is 3.88 Å². The lowest BCUT2D eigenvalue weighted by atomic mass is 9.83. The molecule has 0 bridgehead atoms. The molecule has 0 amide bonds. The summed E-state index contributed by atoms with van der Waals surface area (Å²) in [4.78, 5) is 0.